The monoisotopic (exact) mass is 740 g/mol. The van der Waals surface area contributed by atoms with Gasteiger partial charge in [-0.25, -0.2) is 0 Å². The van der Waals surface area contributed by atoms with Crippen LogP contribution in [0.2, 0.25) is 0 Å². The molecule has 296 valence electrons. The average molecular weight is 740 g/mol. The Morgan fingerprint density at radius 3 is 1.73 bits per heavy atom. The summed E-state index contributed by atoms with van der Waals surface area (Å²) in [4.78, 5) is 37.4. The highest BCUT2D eigenvalue weighted by Gasteiger charge is 2.21. The molecule has 0 aliphatic heterocycles. The van der Waals surface area contributed by atoms with Gasteiger partial charge in [0, 0.05) is 12.8 Å². The Bertz CT molecular complexity index is 1020. The third-order valence-corrected chi connectivity index (χ3v) is 9.11. The predicted octanol–water partition coefficient (Wildman–Crippen LogP) is 10.1. The maximum absolute atomic E-state index is 12.6. The molecule has 10 heteroatoms. The molecule has 0 fully saturated rings. The van der Waals surface area contributed by atoms with Crippen LogP contribution in [0, 0.1) is 0 Å². The van der Waals surface area contributed by atoms with Gasteiger partial charge in [0.2, 0.25) is 0 Å². The van der Waals surface area contributed by atoms with Gasteiger partial charge in [-0.3, -0.25) is 14.2 Å². The molecule has 0 aromatic rings. The van der Waals surface area contributed by atoms with Crippen molar-refractivity contribution < 1.29 is 42.1 Å². The number of carbonyl (C=O) groups is 2. The smallest absolute Gasteiger partial charge is 0.306 e. The minimum Gasteiger partial charge on any atom is -0.756 e. The van der Waals surface area contributed by atoms with Crippen molar-refractivity contribution in [3.05, 3.63) is 48.6 Å². The molecule has 0 radical (unpaired) electrons. The maximum atomic E-state index is 12.6. The number of hydrogen-bond acceptors (Lipinski definition) is 8. The predicted molar refractivity (Wildman–Crippen MR) is 208 cm³/mol. The molecule has 0 N–H and O–H groups in total. The number of unbranched alkanes of at least 4 members (excludes halogenated alkanes) is 15. The highest BCUT2D eigenvalue weighted by molar-refractivity contribution is 7.45. The second-order valence-corrected chi connectivity index (χ2v) is 15.7. The number of phosphoric ester groups is 1. The fourth-order valence-electron chi connectivity index (χ4n) is 5.00. The highest BCUT2D eigenvalue weighted by Crippen LogP contribution is 2.38. The van der Waals surface area contributed by atoms with Gasteiger partial charge in [-0.15, -0.1) is 0 Å². The van der Waals surface area contributed by atoms with Gasteiger partial charge in [-0.2, -0.15) is 0 Å². The second kappa shape index (κ2) is 33.8. The lowest BCUT2D eigenvalue weighted by molar-refractivity contribution is -0.870. The number of carbonyl (C=O) groups excluding carboxylic acids is 2. The van der Waals surface area contributed by atoms with E-state index in [2.05, 4.69) is 44.2 Å². The Labute approximate surface area is 312 Å². The van der Waals surface area contributed by atoms with Gasteiger partial charge in [0.05, 0.1) is 27.7 Å². The first-order valence-electron chi connectivity index (χ1n) is 19.9. The SMILES string of the molecule is CC/C=C/C=C/C=C/CCCCCCCC(=O)OC(COC(=O)CCCCC/C=C/CCCCCCCCC)COP(=O)([O-])OCC[N+](C)(C)C. The summed E-state index contributed by atoms with van der Waals surface area (Å²) >= 11 is 0. The Hall–Kier alpha value is -2.03. The fourth-order valence-corrected chi connectivity index (χ4v) is 5.73. The van der Waals surface area contributed by atoms with Crippen LogP contribution in [-0.2, 0) is 32.7 Å². The summed E-state index contributed by atoms with van der Waals surface area (Å²) in [6, 6.07) is 0. The molecule has 0 aromatic carbocycles. The summed E-state index contributed by atoms with van der Waals surface area (Å²) < 4.78 is 33.7. The average Bonchev–Trinajstić information content (AvgIpc) is 3.07. The molecule has 0 bridgehead atoms. The van der Waals surface area contributed by atoms with Crippen LogP contribution in [0.1, 0.15) is 149 Å². The first-order chi connectivity index (χ1) is 24.5. The summed E-state index contributed by atoms with van der Waals surface area (Å²) in [5.41, 5.74) is 0. The number of allylic oxidation sites excluding steroid dienone is 8. The normalized spacial score (nSPS) is 14.2. The number of rotatable bonds is 35. The van der Waals surface area contributed by atoms with E-state index in [0.29, 0.717) is 23.9 Å². The van der Waals surface area contributed by atoms with Gasteiger partial charge in [0.25, 0.3) is 7.82 Å². The van der Waals surface area contributed by atoms with Crippen molar-refractivity contribution in [1.29, 1.82) is 0 Å². The fraction of sp³-hybridized carbons (Fsp3) is 0.756. The van der Waals surface area contributed by atoms with Crippen LogP contribution >= 0.6 is 7.82 Å². The van der Waals surface area contributed by atoms with Crippen molar-refractivity contribution in [3.63, 3.8) is 0 Å². The van der Waals surface area contributed by atoms with Crippen molar-refractivity contribution in [1.82, 2.24) is 0 Å². The molecule has 51 heavy (non-hydrogen) atoms. The van der Waals surface area contributed by atoms with Crippen LogP contribution in [0.3, 0.4) is 0 Å². The summed E-state index contributed by atoms with van der Waals surface area (Å²) in [6.45, 7) is 4.02. The van der Waals surface area contributed by atoms with E-state index in [9.17, 15) is 19.0 Å². The molecule has 0 aliphatic carbocycles. The minimum atomic E-state index is -4.63. The highest BCUT2D eigenvalue weighted by atomic mass is 31.2. The lowest BCUT2D eigenvalue weighted by atomic mass is 10.1. The number of ether oxygens (including phenoxy) is 2. The molecule has 0 amide bonds. The first-order valence-corrected chi connectivity index (χ1v) is 21.3. The van der Waals surface area contributed by atoms with Gasteiger partial charge in [-0.05, 0) is 57.8 Å². The molecule has 0 saturated carbocycles. The van der Waals surface area contributed by atoms with E-state index in [4.69, 9.17) is 18.5 Å². The largest absolute Gasteiger partial charge is 0.756 e. The minimum absolute atomic E-state index is 0.0390. The van der Waals surface area contributed by atoms with Crippen molar-refractivity contribution >= 4 is 19.8 Å². The number of phosphoric acid groups is 1. The lowest BCUT2D eigenvalue weighted by Crippen LogP contribution is -2.37. The van der Waals surface area contributed by atoms with E-state index < -0.39 is 32.5 Å². The van der Waals surface area contributed by atoms with Crippen LogP contribution < -0.4 is 4.89 Å². The zero-order valence-corrected chi connectivity index (χ0v) is 33.9. The van der Waals surface area contributed by atoms with Crippen molar-refractivity contribution in [3.8, 4) is 0 Å². The third kappa shape index (κ3) is 37.5. The van der Waals surface area contributed by atoms with E-state index in [1.54, 1.807) is 0 Å². The molecule has 0 aliphatic rings. The van der Waals surface area contributed by atoms with E-state index in [-0.39, 0.29) is 26.1 Å². The van der Waals surface area contributed by atoms with Gasteiger partial charge >= 0.3 is 11.9 Å². The zero-order valence-electron chi connectivity index (χ0n) is 33.0. The zero-order chi connectivity index (χ0) is 37.9. The molecule has 9 nitrogen and oxygen atoms in total. The summed E-state index contributed by atoms with van der Waals surface area (Å²) in [5, 5.41) is 0. The second-order valence-electron chi connectivity index (χ2n) is 14.3. The number of likely N-dealkylation sites (N-methyl/N-ethyl adjacent to an activating group) is 1. The number of esters is 2. The van der Waals surface area contributed by atoms with Gasteiger partial charge < -0.3 is 27.9 Å². The summed E-state index contributed by atoms with van der Waals surface area (Å²) in [6.07, 6.45) is 37.1. The Morgan fingerprint density at radius 2 is 1.14 bits per heavy atom. The maximum Gasteiger partial charge on any atom is 0.306 e. The van der Waals surface area contributed by atoms with Gasteiger partial charge in [0.15, 0.2) is 6.10 Å². The third-order valence-electron chi connectivity index (χ3n) is 8.14. The van der Waals surface area contributed by atoms with Crippen LogP contribution in [0.4, 0.5) is 0 Å². The van der Waals surface area contributed by atoms with E-state index in [0.717, 1.165) is 64.2 Å². The van der Waals surface area contributed by atoms with Gasteiger partial charge in [0.1, 0.15) is 19.8 Å². The molecule has 2 atom stereocenters. The Balaban J connectivity index is 4.48. The standard InChI is InChI=1S/C41H74NO8P/c1-6-8-10-12-14-16-18-20-22-23-25-27-29-31-33-40(43)47-37-39(38-49-51(45,46)48-36-35-42(3,4)5)50-41(44)34-32-30-28-26-24-21-19-17-15-13-11-9-7-2/h9,11,13,15,17,19,22-23,39H,6-8,10,12,14,16,18,20-21,24-38H2,1-5H3/b11-9+,15-13+,19-17+,23-22+. The molecular weight excluding hydrogens is 665 g/mol. The quantitative estimate of drug-likeness (QED) is 0.0158. The Morgan fingerprint density at radius 1 is 0.627 bits per heavy atom. The number of hydrogen-bond donors (Lipinski definition) is 0. The summed E-state index contributed by atoms with van der Waals surface area (Å²) in [7, 11) is 1.13. The molecule has 0 heterocycles. The van der Waals surface area contributed by atoms with E-state index in [1.165, 1.54) is 44.9 Å². The van der Waals surface area contributed by atoms with Crippen molar-refractivity contribution in [2.24, 2.45) is 0 Å². The lowest BCUT2D eigenvalue weighted by Gasteiger charge is -2.28. The van der Waals surface area contributed by atoms with Crippen molar-refractivity contribution in [2.75, 3.05) is 47.5 Å². The molecule has 0 rings (SSSR count). The molecule has 0 saturated heterocycles. The van der Waals surface area contributed by atoms with Crippen LogP contribution in [0.15, 0.2) is 48.6 Å². The molecular formula is C41H74NO8P. The van der Waals surface area contributed by atoms with Crippen LogP contribution in [0.25, 0.3) is 0 Å². The molecule has 2 unspecified atom stereocenters. The van der Waals surface area contributed by atoms with Crippen LogP contribution in [0.5, 0.6) is 0 Å². The summed E-state index contributed by atoms with van der Waals surface area (Å²) in [5.74, 6) is -0.882. The van der Waals surface area contributed by atoms with Crippen LogP contribution in [-0.4, -0.2) is 70.0 Å². The van der Waals surface area contributed by atoms with E-state index >= 15 is 0 Å². The Kier molecular flexibility index (Phi) is 32.4. The van der Waals surface area contributed by atoms with Gasteiger partial charge in [-0.1, -0.05) is 127 Å². The van der Waals surface area contributed by atoms with E-state index in [1.807, 2.05) is 39.4 Å². The number of nitrogens with zero attached hydrogens (tertiary/aromatic N) is 1. The topological polar surface area (TPSA) is 111 Å². The van der Waals surface area contributed by atoms with Crippen molar-refractivity contribution in [2.45, 2.75) is 155 Å². The molecule has 0 aromatic heterocycles. The number of quaternary nitrogens is 1. The molecule has 0 spiro atoms. The first kappa shape index (κ1) is 49.0.